The number of carbonyl (C=O) groups is 1. The molecule has 0 spiro atoms. The molecule has 1 aliphatic rings. The molecule has 1 fully saturated rings. The molecule has 3 N–H and O–H groups in total. The molecule has 3 rings (SSSR count). The molecule has 0 heterocycles. The van der Waals surface area contributed by atoms with Gasteiger partial charge in [0.1, 0.15) is 11.6 Å². The van der Waals surface area contributed by atoms with Crippen molar-refractivity contribution in [2.45, 2.75) is 36.7 Å². The minimum Gasteiger partial charge on any atom is -0.484 e. The predicted octanol–water partition coefficient (Wildman–Crippen LogP) is 3.95. The molecule has 1 saturated carbocycles. The summed E-state index contributed by atoms with van der Waals surface area (Å²) in [5.74, 6) is 2.04. The highest BCUT2D eigenvalue weighted by molar-refractivity contribution is 14.0. The Morgan fingerprint density at radius 3 is 2.69 bits per heavy atom. The third kappa shape index (κ3) is 10.1. The second kappa shape index (κ2) is 14.2. The first-order valence-corrected chi connectivity index (χ1v) is 11.4. The van der Waals surface area contributed by atoms with Crippen LogP contribution in [0.25, 0.3) is 0 Å². The van der Waals surface area contributed by atoms with Gasteiger partial charge in [-0.2, -0.15) is 0 Å². The van der Waals surface area contributed by atoms with Gasteiger partial charge in [-0.05, 0) is 67.0 Å². The molecule has 9 heteroatoms. The lowest BCUT2D eigenvalue weighted by Crippen LogP contribution is -2.37. The number of nitrogens with one attached hydrogen (secondary N) is 3. The van der Waals surface area contributed by atoms with Crippen LogP contribution < -0.4 is 20.7 Å². The van der Waals surface area contributed by atoms with Crippen molar-refractivity contribution < 1.29 is 13.9 Å². The number of guanidine groups is 1. The van der Waals surface area contributed by atoms with Gasteiger partial charge in [0.05, 0.1) is 0 Å². The first-order valence-electron chi connectivity index (χ1n) is 10.5. The quantitative estimate of drug-likeness (QED) is 0.125. The highest BCUT2D eigenvalue weighted by Crippen LogP contribution is 2.19. The third-order valence-corrected chi connectivity index (χ3v) is 5.69. The second-order valence-corrected chi connectivity index (χ2v) is 8.45. The highest BCUT2D eigenvalue weighted by atomic mass is 127. The number of hydrogen-bond acceptors (Lipinski definition) is 4. The lowest BCUT2D eigenvalue weighted by atomic mass is 10.2. The van der Waals surface area contributed by atoms with Crippen LogP contribution in [0, 0.1) is 5.82 Å². The molecule has 0 unspecified atom stereocenters. The zero-order chi connectivity index (χ0) is 21.9. The minimum absolute atomic E-state index is 0. The van der Waals surface area contributed by atoms with Gasteiger partial charge >= 0.3 is 0 Å². The van der Waals surface area contributed by atoms with E-state index in [0.717, 1.165) is 48.0 Å². The Hall–Kier alpha value is -2.01. The van der Waals surface area contributed by atoms with Gasteiger partial charge in [-0.15, -0.1) is 35.7 Å². The lowest BCUT2D eigenvalue weighted by Gasteiger charge is -2.13. The van der Waals surface area contributed by atoms with E-state index in [-0.39, 0.29) is 42.3 Å². The summed E-state index contributed by atoms with van der Waals surface area (Å²) in [4.78, 5) is 17.1. The molecule has 1 amide bonds. The maximum Gasteiger partial charge on any atom is 0.258 e. The smallest absolute Gasteiger partial charge is 0.258 e. The van der Waals surface area contributed by atoms with Crippen LogP contribution in [0.15, 0.2) is 58.4 Å². The van der Waals surface area contributed by atoms with E-state index in [0.29, 0.717) is 18.3 Å². The average molecular weight is 572 g/mol. The Morgan fingerprint density at radius 1 is 1.19 bits per heavy atom. The van der Waals surface area contributed by atoms with Crippen molar-refractivity contribution in [1.82, 2.24) is 16.0 Å². The first-order chi connectivity index (χ1) is 15.1. The Labute approximate surface area is 210 Å². The molecule has 0 aromatic heterocycles. The SMILES string of the molecule is CN=C(NCCCSc1ccc(F)cc1)NCc1cccc(OCC(=O)NC2CC2)c1.I. The number of rotatable bonds is 11. The van der Waals surface area contributed by atoms with Gasteiger partial charge in [-0.25, -0.2) is 4.39 Å². The van der Waals surface area contributed by atoms with Gasteiger partial charge in [0.2, 0.25) is 0 Å². The third-order valence-electron chi connectivity index (χ3n) is 4.59. The molecule has 32 heavy (non-hydrogen) atoms. The largest absolute Gasteiger partial charge is 0.484 e. The van der Waals surface area contributed by atoms with Crippen LogP contribution in [-0.2, 0) is 11.3 Å². The zero-order valence-corrected chi connectivity index (χ0v) is 21.3. The summed E-state index contributed by atoms with van der Waals surface area (Å²) < 4.78 is 18.5. The number of nitrogens with zero attached hydrogens (tertiary/aromatic N) is 1. The second-order valence-electron chi connectivity index (χ2n) is 7.29. The summed E-state index contributed by atoms with van der Waals surface area (Å²) in [6.07, 6.45) is 3.08. The van der Waals surface area contributed by atoms with Crippen LogP contribution >= 0.6 is 35.7 Å². The minimum atomic E-state index is -0.211. The van der Waals surface area contributed by atoms with Gasteiger partial charge in [-0.1, -0.05) is 12.1 Å². The Balaban J connectivity index is 0.00000363. The first kappa shape index (κ1) is 26.2. The van der Waals surface area contributed by atoms with Crippen LogP contribution in [0.4, 0.5) is 4.39 Å². The van der Waals surface area contributed by atoms with E-state index in [1.165, 1.54) is 12.1 Å². The van der Waals surface area contributed by atoms with Crippen molar-refractivity contribution in [2.24, 2.45) is 4.99 Å². The maximum absolute atomic E-state index is 12.9. The lowest BCUT2D eigenvalue weighted by molar-refractivity contribution is -0.123. The van der Waals surface area contributed by atoms with E-state index < -0.39 is 0 Å². The summed E-state index contributed by atoms with van der Waals surface area (Å²) in [5.41, 5.74) is 1.04. The van der Waals surface area contributed by atoms with Crippen molar-refractivity contribution in [1.29, 1.82) is 0 Å². The monoisotopic (exact) mass is 572 g/mol. The zero-order valence-electron chi connectivity index (χ0n) is 18.1. The van der Waals surface area contributed by atoms with E-state index in [1.54, 1.807) is 30.9 Å². The number of thioether (sulfide) groups is 1. The van der Waals surface area contributed by atoms with Crippen molar-refractivity contribution >= 4 is 47.6 Å². The summed E-state index contributed by atoms with van der Waals surface area (Å²) in [5, 5.41) is 9.49. The van der Waals surface area contributed by atoms with Crippen LogP contribution in [0.5, 0.6) is 5.75 Å². The van der Waals surface area contributed by atoms with E-state index in [4.69, 9.17) is 4.74 Å². The van der Waals surface area contributed by atoms with Gasteiger partial charge in [-0.3, -0.25) is 9.79 Å². The number of ether oxygens (including phenoxy) is 1. The number of amides is 1. The molecule has 2 aromatic carbocycles. The van der Waals surface area contributed by atoms with E-state index in [9.17, 15) is 9.18 Å². The van der Waals surface area contributed by atoms with Crippen molar-refractivity contribution in [2.75, 3.05) is 26.0 Å². The van der Waals surface area contributed by atoms with Crippen molar-refractivity contribution in [3.8, 4) is 5.75 Å². The van der Waals surface area contributed by atoms with Gasteiger partial charge in [0, 0.05) is 31.1 Å². The van der Waals surface area contributed by atoms with E-state index in [1.807, 2.05) is 24.3 Å². The van der Waals surface area contributed by atoms with E-state index in [2.05, 4.69) is 20.9 Å². The Kier molecular flexibility index (Phi) is 11.6. The molecule has 6 nitrogen and oxygen atoms in total. The number of hydrogen-bond donors (Lipinski definition) is 3. The number of carbonyl (C=O) groups excluding carboxylic acids is 1. The standard InChI is InChI=1S/C23H29FN4O2S.HI/c1-25-23(26-12-3-13-31-21-10-6-18(24)7-11-21)27-15-17-4-2-5-20(14-17)30-16-22(29)28-19-8-9-19;/h2,4-7,10-11,14,19H,3,8-9,12-13,15-16H2,1H3,(H,28,29)(H2,25,26,27);1H. The Bertz CT molecular complexity index is 879. The number of halogens is 2. The fourth-order valence-corrected chi connectivity index (χ4v) is 3.65. The van der Waals surface area contributed by atoms with Crippen LogP contribution in [0.3, 0.4) is 0 Å². The molecule has 0 saturated heterocycles. The normalized spacial score (nSPS) is 13.1. The van der Waals surface area contributed by atoms with Crippen LogP contribution in [0.2, 0.25) is 0 Å². The van der Waals surface area contributed by atoms with Crippen molar-refractivity contribution in [3.05, 3.63) is 59.9 Å². The summed E-state index contributed by atoms with van der Waals surface area (Å²) in [6.45, 7) is 1.41. The molecule has 0 aliphatic heterocycles. The highest BCUT2D eigenvalue weighted by Gasteiger charge is 2.23. The average Bonchev–Trinajstić information content (AvgIpc) is 3.60. The van der Waals surface area contributed by atoms with Crippen LogP contribution in [-0.4, -0.2) is 43.9 Å². The molecule has 174 valence electrons. The Morgan fingerprint density at radius 2 is 1.97 bits per heavy atom. The molecule has 1 aliphatic carbocycles. The number of aliphatic imine (C=N–C) groups is 1. The summed E-state index contributed by atoms with van der Waals surface area (Å²) >= 11 is 1.70. The number of benzene rings is 2. The molecule has 0 atom stereocenters. The van der Waals surface area contributed by atoms with Crippen LogP contribution in [0.1, 0.15) is 24.8 Å². The molecular weight excluding hydrogens is 542 g/mol. The van der Waals surface area contributed by atoms with Gasteiger partial charge < -0.3 is 20.7 Å². The van der Waals surface area contributed by atoms with Crippen molar-refractivity contribution in [3.63, 3.8) is 0 Å². The molecule has 2 aromatic rings. The fourth-order valence-electron chi connectivity index (χ4n) is 2.80. The van der Waals surface area contributed by atoms with E-state index >= 15 is 0 Å². The topological polar surface area (TPSA) is 74.8 Å². The maximum atomic E-state index is 12.9. The molecule has 0 bridgehead atoms. The molecule has 0 radical (unpaired) electrons. The van der Waals surface area contributed by atoms with Gasteiger partial charge in [0.15, 0.2) is 12.6 Å². The molecular formula is C23H30FIN4O2S. The predicted molar refractivity (Wildman–Crippen MR) is 138 cm³/mol. The summed E-state index contributed by atoms with van der Waals surface area (Å²) in [6, 6.07) is 14.6. The van der Waals surface area contributed by atoms with Gasteiger partial charge in [0.25, 0.3) is 5.91 Å². The summed E-state index contributed by atoms with van der Waals surface area (Å²) in [7, 11) is 1.74. The fraction of sp³-hybridized carbons (Fsp3) is 0.391.